The fourth-order valence-electron chi connectivity index (χ4n) is 2.06. The Hall–Kier alpha value is -2.18. The van der Waals surface area contributed by atoms with Crippen molar-refractivity contribution in [3.05, 3.63) is 23.3 Å². The smallest absolute Gasteiger partial charge is 0.232 e. The zero-order chi connectivity index (χ0) is 13.4. The largest absolute Gasteiger partial charge is 0.361 e. The molecule has 1 aliphatic carbocycles. The lowest BCUT2D eigenvalue weighted by Crippen LogP contribution is -2.18. The molecular formula is C12H15N5O2. The van der Waals surface area contributed by atoms with Crippen molar-refractivity contribution in [3.8, 4) is 0 Å². The van der Waals surface area contributed by atoms with Crippen molar-refractivity contribution in [2.45, 2.75) is 39.2 Å². The van der Waals surface area contributed by atoms with Crippen LogP contribution in [0.1, 0.15) is 36.2 Å². The fourth-order valence-corrected chi connectivity index (χ4v) is 2.06. The summed E-state index contributed by atoms with van der Waals surface area (Å²) in [6, 6.07) is 2.18. The SMILES string of the molecule is Cc1cc(CC(=O)Nc2nnc(C)n2C2CC2)no1. The summed E-state index contributed by atoms with van der Waals surface area (Å²) < 4.78 is 6.91. The molecule has 100 valence electrons. The summed E-state index contributed by atoms with van der Waals surface area (Å²) in [7, 11) is 0. The van der Waals surface area contributed by atoms with Crippen LogP contribution >= 0.6 is 0 Å². The number of amides is 1. The summed E-state index contributed by atoms with van der Waals surface area (Å²) in [6.45, 7) is 3.68. The van der Waals surface area contributed by atoms with Crippen LogP contribution in [0.2, 0.25) is 0 Å². The van der Waals surface area contributed by atoms with E-state index in [4.69, 9.17) is 4.52 Å². The summed E-state index contributed by atoms with van der Waals surface area (Å²) in [4.78, 5) is 11.9. The van der Waals surface area contributed by atoms with Gasteiger partial charge in [0.25, 0.3) is 0 Å². The Morgan fingerprint density at radius 2 is 2.26 bits per heavy atom. The lowest BCUT2D eigenvalue weighted by Gasteiger charge is -2.07. The lowest BCUT2D eigenvalue weighted by molar-refractivity contribution is -0.115. The van der Waals surface area contributed by atoms with Gasteiger partial charge in [-0.1, -0.05) is 5.16 Å². The average Bonchev–Trinajstić information content (AvgIpc) is 3.01. The third kappa shape index (κ3) is 2.49. The van der Waals surface area contributed by atoms with Gasteiger partial charge in [0.2, 0.25) is 11.9 Å². The number of aryl methyl sites for hydroxylation is 2. The molecule has 7 nitrogen and oxygen atoms in total. The number of aromatic nitrogens is 4. The molecule has 1 amide bonds. The van der Waals surface area contributed by atoms with Gasteiger partial charge < -0.3 is 4.52 Å². The Morgan fingerprint density at radius 3 is 2.89 bits per heavy atom. The van der Waals surface area contributed by atoms with Gasteiger partial charge in [-0.2, -0.15) is 0 Å². The van der Waals surface area contributed by atoms with Crippen molar-refractivity contribution in [1.29, 1.82) is 0 Å². The molecule has 1 fully saturated rings. The van der Waals surface area contributed by atoms with E-state index in [1.54, 1.807) is 13.0 Å². The molecule has 0 saturated heterocycles. The maximum absolute atomic E-state index is 11.9. The third-order valence-corrected chi connectivity index (χ3v) is 3.05. The number of rotatable bonds is 4. The van der Waals surface area contributed by atoms with Crippen molar-refractivity contribution >= 4 is 11.9 Å². The Balaban J connectivity index is 1.69. The molecular weight excluding hydrogens is 246 g/mol. The average molecular weight is 261 g/mol. The minimum Gasteiger partial charge on any atom is -0.361 e. The third-order valence-electron chi connectivity index (χ3n) is 3.05. The minimum absolute atomic E-state index is 0.164. The van der Waals surface area contributed by atoms with Crippen LogP contribution in [0.5, 0.6) is 0 Å². The van der Waals surface area contributed by atoms with Crippen molar-refractivity contribution < 1.29 is 9.32 Å². The van der Waals surface area contributed by atoms with Gasteiger partial charge in [-0.25, -0.2) is 0 Å². The van der Waals surface area contributed by atoms with Crippen LogP contribution in [-0.2, 0) is 11.2 Å². The second-order valence-corrected chi connectivity index (χ2v) is 4.83. The first-order valence-electron chi connectivity index (χ1n) is 6.27. The van der Waals surface area contributed by atoms with E-state index in [9.17, 15) is 4.79 Å². The molecule has 3 rings (SSSR count). The van der Waals surface area contributed by atoms with E-state index in [2.05, 4.69) is 20.7 Å². The molecule has 0 bridgehead atoms. The number of hydrogen-bond acceptors (Lipinski definition) is 5. The molecule has 2 aromatic rings. The second kappa shape index (κ2) is 4.49. The van der Waals surface area contributed by atoms with E-state index < -0.39 is 0 Å². The molecule has 0 spiro atoms. The van der Waals surface area contributed by atoms with Crippen LogP contribution in [0, 0.1) is 13.8 Å². The molecule has 0 atom stereocenters. The van der Waals surface area contributed by atoms with Crippen LogP contribution in [0.3, 0.4) is 0 Å². The monoisotopic (exact) mass is 261 g/mol. The molecule has 7 heteroatoms. The molecule has 1 N–H and O–H groups in total. The normalized spacial score (nSPS) is 14.6. The second-order valence-electron chi connectivity index (χ2n) is 4.83. The van der Waals surface area contributed by atoms with Gasteiger partial charge in [-0.05, 0) is 26.7 Å². The first kappa shape index (κ1) is 11.9. The number of nitrogens with zero attached hydrogens (tertiary/aromatic N) is 4. The quantitative estimate of drug-likeness (QED) is 0.899. The highest BCUT2D eigenvalue weighted by Gasteiger charge is 2.28. The van der Waals surface area contributed by atoms with Gasteiger partial charge >= 0.3 is 0 Å². The molecule has 0 radical (unpaired) electrons. The molecule has 19 heavy (non-hydrogen) atoms. The van der Waals surface area contributed by atoms with E-state index in [0.717, 1.165) is 18.7 Å². The van der Waals surface area contributed by atoms with E-state index >= 15 is 0 Å². The van der Waals surface area contributed by atoms with Crippen molar-refractivity contribution in [2.75, 3.05) is 5.32 Å². The van der Waals surface area contributed by atoms with Gasteiger partial charge in [-0.15, -0.1) is 10.2 Å². The first-order chi connectivity index (χ1) is 9.13. The summed E-state index contributed by atoms with van der Waals surface area (Å²) in [5, 5.41) is 14.6. The predicted molar refractivity (Wildman–Crippen MR) is 66.6 cm³/mol. The topological polar surface area (TPSA) is 85.8 Å². The highest BCUT2D eigenvalue weighted by Crippen LogP contribution is 2.37. The van der Waals surface area contributed by atoms with Crippen LogP contribution in [-0.4, -0.2) is 25.8 Å². The summed E-state index contributed by atoms with van der Waals surface area (Å²) in [6.07, 6.45) is 2.41. The highest BCUT2D eigenvalue weighted by molar-refractivity contribution is 5.90. The fraction of sp³-hybridized carbons (Fsp3) is 0.500. The predicted octanol–water partition coefficient (Wildman–Crippen LogP) is 1.40. The Morgan fingerprint density at radius 1 is 1.47 bits per heavy atom. The molecule has 2 heterocycles. The van der Waals surface area contributed by atoms with E-state index in [-0.39, 0.29) is 12.3 Å². The van der Waals surface area contributed by atoms with Crippen LogP contribution in [0.4, 0.5) is 5.95 Å². The molecule has 0 aliphatic heterocycles. The van der Waals surface area contributed by atoms with Crippen LogP contribution in [0.15, 0.2) is 10.6 Å². The van der Waals surface area contributed by atoms with Crippen molar-refractivity contribution in [2.24, 2.45) is 0 Å². The number of hydrogen-bond donors (Lipinski definition) is 1. The number of carbonyl (C=O) groups is 1. The lowest BCUT2D eigenvalue weighted by atomic mass is 10.3. The Bertz CT molecular complexity index is 611. The van der Waals surface area contributed by atoms with Gasteiger partial charge in [-0.3, -0.25) is 14.7 Å². The van der Waals surface area contributed by atoms with E-state index in [0.29, 0.717) is 23.4 Å². The standard InChI is InChI=1S/C12H15N5O2/c1-7-5-9(16-19-7)6-11(18)13-12-15-14-8(2)17(12)10-3-4-10/h5,10H,3-4,6H2,1-2H3,(H,13,15,18). The zero-order valence-corrected chi connectivity index (χ0v) is 10.9. The minimum atomic E-state index is -0.164. The van der Waals surface area contributed by atoms with Gasteiger partial charge in [0, 0.05) is 12.1 Å². The number of nitrogens with one attached hydrogen (secondary N) is 1. The molecule has 0 aromatic carbocycles. The van der Waals surface area contributed by atoms with Crippen LogP contribution in [0.25, 0.3) is 0 Å². The summed E-state index contributed by atoms with van der Waals surface area (Å²) in [5.74, 6) is 1.88. The highest BCUT2D eigenvalue weighted by atomic mass is 16.5. The van der Waals surface area contributed by atoms with Crippen molar-refractivity contribution in [1.82, 2.24) is 19.9 Å². The number of carbonyl (C=O) groups excluding carboxylic acids is 1. The maximum atomic E-state index is 11.9. The molecule has 2 aromatic heterocycles. The summed E-state index contributed by atoms with van der Waals surface area (Å²) in [5.41, 5.74) is 0.615. The van der Waals surface area contributed by atoms with Gasteiger partial charge in [0.15, 0.2) is 0 Å². The summed E-state index contributed by atoms with van der Waals surface area (Å²) >= 11 is 0. The van der Waals surface area contributed by atoms with E-state index in [1.807, 2.05) is 11.5 Å². The van der Waals surface area contributed by atoms with Gasteiger partial charge in [0.05, 0.1) is 12.1 Å². The molecule has 0 unspecified atom stereocenters. The van der Waals surface area contributed by atoms with Crippen LogP contribution < -0.4 is 5.32 Å². The molecule has 1 saturated carbocycles. The zero-order valence-electron chi connectivity index (χ0n) is 10.9. The number of anilines is 1. The molecule has 1 aliphatic rings. The Labute approximate surface area is 110 Å². The van der Waals surface area contributed by atoms with E-state index in [1.165, 1.54) is 0 Å². The maximum Gasteiger partial charge on any atom is 0.232 e. The first-order valence-corrected chi connectivity index (χ1v) is 6.27. The van der Waals surface area contributed by atoms with Crippen molar-refractivity contribution in [3.63, 3.8) is 0 Å². The van der Waals surface area contributed by atoms with Gasteiger partial charge in [0.1, 0.15) is 11.6 Å². The Kier molecular flexibility index (Phi) is 2.81.